The highest BCUT2D eigenvalue weighted by molar-refractivity contribution is 9.10. The van der Waals surface area contributed by atoms with Crippen LogP contribution in [0.4, 0.5) is 5.82 Å². The molecule has 0 aliphatic carbocycles. The number of hydrogen-bond acceptors (Lipinski definition) is 5. The first-order valence-electron chi connectivity index (χ1n) is 9.55. The molecular formula is C22H20BrN3O3. The maximum atomic E-state index is 13.4. The van der Waals surface area contributed by atoms with Gasteiger partial charge in [0.25, 0.3) is 5.91 Å². The summed E-state index contributed by atoms with van der Waals surface area (Å²) in [6.07, 6.45) is 0. The number of amides is 1. The molecule has 7 heteroatoms. The van der Waals surface area contributed by atoms with Crippen molar-refractivity contribution < 1.29 is 14.3 Å². The van der Waals surface area contributed by atoms with Gasteiger partial charge >= 0.3 is 0 Å². The number of halogens is 1. The smallest absolute Gasteiger partial charge is 0.254 e. The quantitative estimate of drug-likeness (QED) is 0.637. The number of nitrogen functional groups attached to an aromatic ring is 1. The van der Waals surface area contributed by atoms with Gasteiger partial charge in [0.05, 0.1) is 38.0 Å². The third-order valence-electron chi connectivity index (χ3n) is 5.62. The van der Waals surface area contributed by atoms with E-state index in [-0.39, 0.29) is 11.9 Å². The second-order valence-corrected chi connectivity index (χ2v) is 8.24. The van der Waals surface area contributed by atoms with Crippen molar-refractivity contribution in [2.45, 2.75) is 19.3 Å². The molecule has 6 nitrogen and oxygen atoms in total. The minimum absolute atomic E-state index is 0.00684. The predicted molar refractivity (Wildman–Crippen MR) is 113 cm³/mol. The van der Waals surface area contributed by atoms with Gasteiger partial charge in [-0.3, -0.25) is 4.79 Å². The second-order valence-electron chi connectivity index (χ2n) is 7.32. The van der Waals surface area contributed by atoms with Gasteiger partial charge in [-0.25, -0.2) is 4.98 Å². The molecule has 0 spiro atoms. The molecule has 1 unspecified atom stereocenters. The summed E-state index contributed by atoms with van der Waals surface area (Å²) >= 11 is 3.47. The largest absolute Gasteiger partial charge is 0.383 e. The van der Waals surface area contributed by atoms with Gasteiger partial charge in [0.2, 0.25) is 0 Å². The molecule has 2 N–H and O–H groups in total. The Bertz CT molecular complexity index is 1100. The van der Waals surface area contributed by atoms with Gasteiger partial charge in [-0.1, -0.05) is 28.1 Å². The van der Waals surface area contributed by atoms with Gasteiger partial charge in [-0.05, 0) is 41.5 Å². The van der Waals surface area contributed by atoms with Crippen LogP contribution in [0.2, 0.25) is 0 Å². The lowest BCUT2D eigenvalue weighted by Gasteiger charge is -2.36. The molecule has 1 atom stereocenters. The molecule has 2 aromatic carbocycles. The highest BCUT2D eigenvalue weighted by atomic mass is 79.9. The predicted octanol–water partition coefficient (Wildman–Crippen LogP) is 3.82. The zero-order valence-corrected chi connectivity index (χ0v) is 17.3. The number of nitrogens with zero attached hydrogens (tertiary/aromatic N) is 2. The number of carbonyl (C=O) groups is 1. The summed E-state index contributed by atoms with van der Waals surface area (Å²) in [5.41, 5.74) is 10.5. The zero-order chi connectivity index (χ0) is 20.0. The van der Waals surface area contributed by atoms with Gasteiger partial charge in [0.15, 0.2) is 0 Å². The molecule has 1 amide bonds. The van der Waals surface area contributed by atoms with Crippen molar-refractivity contribution in [1.82, 2.24) is 9.88 Å². The first-order chi connectivity index (χ1) is 14.1. The second kappa shape index (κ2) is 7.40. The normalized spacial score (nSPS) is 18.8. The van der Waals surface area contributed by atoms with Crippen molar-refractivity contribution in [2.24, 2.45) is 0 Å². The number of hydrogen-bond donors (Lipinski definition) is 1. The minimum Gasteiger partial charge on any atom is -0.383 e. The minimum atomic E-state index is -0.112. The van der Waals surface area contributed by atoms with E-state index in [9.17, 15) is 4.79 Å². The lowest BCUT2D eigenvalue weighted by molar-refractivity contribution is -0.00269. The van der Waals surface area contributed by atoms with Crippen molar-refractivity contribution >= 4 is 38.6 Å². The Labute approximate surface area is 176 Å². The van der Waals surface area contributed by atoms with E-state index >= 15 is 0 Å². The molecule has 2 aliphatic heterocycles. The van der Waals surface area contributed by atoms with Crippen molar-refractivity contribution in [2.75, 3.05) is 25.5 Å². The summed E-state index contributed by atoms with van der Waals surface area (Å²) in [6.45, 7) is 2.54. The van der Waals surface area contributed by atoms with Crippen LogP contribution < -0.4 is 5.73 Å². The molecule has 0 bridgehead atoms. The van der Waals surface area contributed by atoms with Crippen LogP contribution >= 0.6 is 15.9 Å². The fourth-order valence-electron chi connectivity index (χ4n) is 4.08. The van der Waals surface area contributed by atoms with E-state index in [2.05, 4.69) is 20.9 Å². The van der Waals surface area contributed by atoms with Crippen LogP contribution in [0.15, 0.2) is 46.9 Å². The average molecular weight is 454 g/mol. The Kier molecular flexibility index (Phi) is 4.73. The number of fused-ring (bicyclic) bond motifs is 3. The van der Waals surface area contributed by atoms with Crippen molar-refractivity contribution in [3.8, 4) is 0 Å². The third kappa shape index (κ3) is 3.29. The standard InChI is InChI=1S/C22H20BrN3O3/c23-15-4-1-13(2-5-15)20-12-28-8-7-26(20)22(27)14-3-6-19-16(9-14)17-10-29-11-18(17)21(24)25-19/h1-6,9,20H,7-8,10-12H2,(H2,24,25). The number of carbonyl (C=O) groups excluding carboxylic acids is 1. The Morgan fingerprint density at radius 2 is 1.90 bits per heavy atom. The van der Waals surface area contributed by atoms with E-state index in [0.29, 0.717) is 44.4 Å². The summed E-state index contributed by atoms with van der Waals surface area (Å²) in [7, 11) is 0. The summed E-state index contributed by atoms with van der Waals surface area (Å²) in [5, 5.41) is 0.936. The molecule has 29 heavy (non-hydrogen) atoms. The van der Waals surface area contributed by atoms with Gasteiger partial charge in [0, 0.05) is 27.5 Å². The van der Waals surface area contributed by atoms with E-state index in [1.807, 2.05) is 47.4 Å². The highest BCUT2D eigenvalue weighted by Gasteiger charge is 2.30. The summed E-state index contributed by atoms with van der Waals surface area (Å²) in [6, 6.07) is 13.5. The fourth-order valence-corrected chi connectivity index (χ4v) is 4.34. The molecule has 1 saturated heterocycles. The maximum absolute atomic E-state index is 13.4. The van der Waals surface area contributed by atoms with Gasteiger partial charge < -0.3 is 20.1 Å². The molecule has 2 aliphatic rings. The SMILES string of the molecule is Nc1nc2ccc(C(=O)N3CCOCC3c3ccc(Br)cc3)cc2c2c1COC2. The average Bonchev–Trinajstić information content (AvgIpc) is 3.25. The topological polar surface area (TPSA) is 77.7 Å². The van der Waals surface area contributed by atoms with Gasteiger partial charge in [0.1, 0.15) is 5.82 Å². The van der Waals surface area contributed by atoms with E-state index in [1.165, 1.54) is 0 Å². The van der Waals surface area contributed by atoms with Crippen LogP contribution in [-0.2, 0) is 22.7 Å². The number of anilines is 1. The number of aromatic nitrogens is 1. The number of benzene rings is 2. The lowest BCUT2D eigenvalue weighted by atomic mass is 10.0. The van der Waals surface area contributed by atoms with Crippen LogP contribution in [0, 0.1) is 0 Å². The lowest BCUT2D eigenvalue weighted by Crippen LogP contribution is -2.43. The van der Waals surface area contributed by atoms with Gasteiger partial charge in [-0.15, -0.1) is 0 Å². The van der Waals surface area contributed by atoms with Crippen LogP contribution in [0.5, 0.6) is 0 Å². The third-order valence-corrected chi connectivity index (χ3v) is 6.15. The molecule has 3 heterocycles. The highest BCUT2D eigenvalue weighted by Crippen LogP contribution is 2.33. The first-order valence-corrected chi connectivity index (χ1v) is 10.3. The fraction of sp³-hybridized carbons (Fsp3) is 0.273. The van der Waals surface area contributed by atoms with E-state index in [0.717, 1.165) is 32.1 Å². The Balaban J connectivity index is 1.52. The molecule has 0 radical (unpaired) electrons. The summed E-state index contributed by atoms with van der Waals surface area (Å²) < 4.78 is 12.3. The number of nitrogens with two attached hydrogens (primary N) is 1. The summed E-state index contributed by atoms with van der Waals surface area (Å²) in [5.74, 6) is 0.500. The van der Waals surface area contributed by atoms with Crippen LogP contribution in [0.1, 0.15) is 33.1 Å². The molecule has 0 saturated carbocycles. The van der Waals surface area contributed by atoms with Gasteiger partial charge in [-0.2, -0.15) is 0 Å². The monoisotopic (exact) mass is 453 g/mol. The van der Waals surface area contributed by atoms with E-state index < -0.39 is 0 Å². The van der Waals surface area contributed by atoms with Crippen LogP contribution in [0.25, 0.3) is 10.9 Å². The number of pyridine rings is 1. The molecular weight excluding hydrogens is 434 g/mol. The van der Waals surface area contributed by atoms with Crippen molar-refractivity contribution in [1.29, 1.82) is 0 Å². The Hall–Kier alpha value is -2.48. The van der Waals surface area contributed by atoms with Crippen molar-refractivity contribution in [3.63, 3.8) is 0 Å². The van der Waals surface area contributed by atoms with E-state index in [4.69, 9.17) is 15.2 Å². The maximum Gasteiger partial charge on any atom is 0.254 e. The number of morpholine rings is 1. The van der Waals surface area contributed by atoms with Crippen molar-refractivity contribution in [3.05, 3.63) is 69.2 Å². The molecule has 1 aromatic heterocycles. The Morgan fingerprint density at radius 1 is 1.10 bits per heavy atom. The molecule has 5 rings (SSSR count). The number of rotatable bonds is 2. The molecule has 3 aromatic rings. The number of ether oxygens (including phenoxy) is 2. The van der Waals surface area contributed by atoms with Crippen LogP contribution in [0.3, 0.4) is 0 Å². The zero-order valence-electron chi connectivity index (χ0n) is 15.7. The molecule has 1 fully saturated rings. The van der Waals surface area contributed by atoms with Crippen LogP contribution in [-0.4, -0.2) is 35.5 Å². The first kappa shape index (κ1) is 18.5. The summed E-state index contributed by atoms with van der Waals surface area (Å²) in [4.78, 5) is 19.8. The van der Waals surface area contributed by atoms with E-state index in [1.54, 1.807) is 0 Å². The molecule has 148 valence electrons. The Morgan fingerprint density at radius 3 is 2.72 bits per heavy atom.